The maximum Gasteiger partial charge on any atom is 0.264 e. The van der Waals surface area contributed by atoms with Crippen LogP contribution in [0.5, 0.6) is 0 Å². The van der Waals surface area contributed by atoms with E-state index in [-0.39, 0.29) is 10.8 Å². The highest BCUT2D eigenvalue weighted by Crippen LogP contribution is 2.28. The Kier molecular flexibility index (Phi) is 5.55. The van der Waals surface area contributed by atoms with E-state index in [4.69, 9.17) is 0 Å². The molecule has 5 rings (SSSR count). The van der Waals surface area contributed by atoms with Gasteiger partial charge in [0.05, 0.1) is 10.6 Å². The minimum Gasteiger partial charge on any atom is -0.256 e. The summed E-state index contributed by atoms with van der Waals surface area (Å²) in [5.74, 6) is 0.0578. The van der Waals surface area contributed by atoms with Gasteiger partial charge in [0.1, 0.15) is 0 Å². The van der Waals surface area contributed by atoms with Gasteiger partial charge in [0.25, 0.3) is 10.0 Å². The SMILES string of the molecule is Cc1cc(C)nc(NS(=O)(=O)c2ccc(N=Cc3c4ccccc4cc4ccccc34)cc2)n1. The third kappa shape index (κ3) is 4.38. The van der Waals surface area contributed by atoms with Crippen molar-refractivity contribution in [1.82, 2.24) is 9.97 Å². The van der Waals surface area contributed by atoms with Crippen LogP contribution >= 0.6 is 0 Å². The van der Waals surface area contributed by atoms with Crippen molar-refractivity contribution in [2.24, 2.45) is 4.99 Å². The Hall–Kier alpha value is -4.10. The molecule has 1 heterocycles. The number of aromatic nitrogens is 2. The minimum absolute atomic E-state index is 0.0578. The highest BCUT2D eigenvalue weighted by molar-refractivity contribution is 7.92. The van der Waals surface area contributed by atoms with E-state index in [0.717, 1.165) is 27.1 Å². The first-order chi connectivity index (χ1) is 16.4. The van der Waals surface area contributed by atoms with Crippen molar-refractivity contribution in [3.63, 3.8) is 0 Å². The Morgan fingerprint density at radius 1 is 0.765 bits per heavy atom. The molecule has 0 bridgehead atoms. The smallest absolute Gasteiger partial charge is 0.256 e. The van der Waals surface area contributed by atoms with E-state index in [1.807, 2.05) is 30.5 Å². The lowest BCUT2D eigenvalue weighted by Gasteiger charge is -2.09. The second-order valence-corrected chi connectivity index (χ2v) is 9.75. The molecular weight excluding hydrogens is 444 g/mol. The van der Waals surface area contributed by atoms with Crippen LogP contribution < -0.4 is 4.72 Å². The number of hydrogen-bond acceptors (Lipinski definition) is 5. The quantitative estimate of drug-likeness (QED) is 0.256. The zero-order valence-corrected chi connectivity index (χ0v) is 19.5. The average molecular weight is 467 g/mol. The summed E-state index contributed by atoms with van der Waals surface area (Å²) in [5, 5.41) is 4.51. The van der Waals surface area contributed by atoms with E-state index in [1.54, 1.807) is 32.0 Å². The minimum atomic E-state index is -3.82. The van der Waals surface area contributed by atoms with Crippen molar-refractivity contribution in [3.05, 3.63) is 102 Å². The number of benzene rings is 4. The third-order valence-electron chi connectivity index (χ3n) is 5.51. The molecule has 168 valence electrons. The normalized spacial score (nSPS) is 11.9. The van der Waals surface area contributed by atoms with Gasteiger partial charge >= 0.3 is 0 Å². The van der Waals surface area contributed by atoms with Gasteiger partial charge in [-0.1, -0.05) is 48.5 Å². The second kappa shape index (κ2) is 8.68. The van der Waals surface area contributed by atoms with Gasteiger partial charge in [-0.05, 0) is 71.8 Å². The third-order valence-corrected chi connectivity index (χ3v) is 6.85. The number of nitrogens with one attached hydrogen (secondary N) is 1. The van der Waals surface area contributed by atoms with E-state index in [9.17, 15) is 8.42 Å². The van der Waals surface area contributed by atoms with E-state index >= 15 is 0 Å². The van der Waals surface area contributed by atoms with Crippen molar-refractivity contribution in [3.8, 4) is 0 Å². The molecule has 0 aliphatic carbocycles. The summed E-state index contributed by atoms with van der Waals surface area (Å²) in [5.41, 5.74) is 3.06. The van der Waals surface area contributed by atoms with Crippen LogP contribution in [0.4, 0.5) is 11.6 Å². The Labute approximate surface area is 198 Å². The highest BCUT2D eigenvalue weighted by Gasteiger charge is 2.16. The van der Waals surface area contributed by atoms with Crippen LogP contribution in [0.2, 0.25) is 0 Å². The molecule has 1 N–H and O–H groups in total. The molecule has 0 atom stereocenters. The van der Waals surface area contributed by atoms with Crippen molar-refractivity contribution in [2.75, 3.05) is 4.72 Å². The molecule has 0 amide bonds. The first-order valence-electron chi connectivity index (χ1n) is 10.8. The maximum absolute atomic E-state index is 12.8. The molecule has 4 aromatic carbocycles. The van der Waals surface area contributed by atoms with Gasteiger partial charge in [-0.2, -0.15) is 0 Å². The van der Waals surface area contributed by atoms with E-state index < -0.39 is 10.0 Å². The molecular formula is C27H22N4O2S. The lowest BCUT2D eigenvalue weighted by Crippen LogP contribution is -2.15. The molecule has 0 aliphatic heterocycles. The standard InChI is InChI=1S/C27H22N4O2S/c1-18-15-19(2)30-27(29-18)31-34(32,33)23-13-11-22(12-14-23)28-17-26-24-9-5-3-7-20(24)16-21-8-4-6-10-25(21)26/h3-17H,1-2H3,(H,29,30,31). The number of nitrogens with zero attached hydrogens (tertiary/aromatic N) is 3. The molecule has 0 aliphatic rings. The molecule has 5 aromatic rings. The summed E-state index contributed by atoms with van der Waals surface area (Å²) < 4.78 is 28.0. The number of hydrogen-bond donors (Lipinski definition) is 1. The summed E-state index contributed by atoms with van der Waals surface area (Å²) in [6.07, 6.45) is 1.84. The molecule has 0 saturated carbocycles. The lowest BCUT2D eigenvalue weighted by atomic mass is 9.97. The number of fused-ring (bicyclic) bond motifs is 2. The summed E-state index contributed by atoms with van der Waals surface area (Å²) >= 11 is 0. The first-order valence-corrected chi connectivity index (χ1v) is 12.3. The highest BCUT2D eigenvalue weighted by atomic mass is 32.2. The topological polar surface area (TPSA) is 84.3 Å². The average Bonchev–Trinajstić information content (AvgIpc) is 2.81. The Balaban J connectivity index is 1.45. The molecule has 6 nitrogen and oxygen atoms in total. The summed E-state index contributed by atoms with van der Waals surface area (Å²) in [4.78, 5) is 13.1. The van der Waals surface area contributed by atoms with E-state index in [2.05, 4.69) is 50.0 Å². The number of aliphatic imine (C=N–C) groups is 1. The Morgan fingerprint density at radius 2 is 1.32 bits per heavy atom. The number of anilines is 1. The van der Waals surface area contributed by atoms with Crippen molar-refractivity contribution in [2.45, 2.75) is 18.7 Å². The van der Waals surface area contributed by atoms with Gasteiger partial charge in [-0.15, -0.1) is 0 Å². The largest absolute Gasteiger partial charge is 0.264 e. The zero-order chi connectivity index (χ0) is 23.7. The van der Waals surface area contributed by atoms with Gasteiger partial charge in [0.2, 0.25) is 5.95 Å². The summed E-state index contributed by atoms with van der Waals surface area (Å²) in [6, 6.07) is 26.8. The summed E-state index contributed by atoms with van der Waals surface area (Å²) in [6.45, 7) is 3.58. The Bertz CT molecular complexity index is 1590. The predicted octanol–water partition coefficient (Wildman–Crippen LogP) is 5.95. The van der Waals surface area contributed by atoms with Gasteiger partial charge in [-0.3, -0.25) is 4.99 Å². The zero-order valence-electron chi connectivity index (χ0n) is 18.7. The number of sulfonamides is 1. The first kappa shape index (κ1) is 21.7. The van der Waals surface area contributed by atoms with Crippen LogP contribution in [0.1, 0.15) is 17.0 Å². The fourth-order valence-corrected chi connectivity index (χ4v) is 4.93. The van der Waals surface area contributed by atoms with Crippen LogP contribution in [0.15, 0.2) is 94.8 Å². The molecule has 7 heteroatoms. The second-order valence-electron chi connectivity index (χ2n) is 8.06. The van der Waals surface area contributed by atoms with Crippen molar-refractivity contribution in [1.29, 1.82) is 0 Å². The fraction of sp³-hybridized carbons (Fsp3) is 0.0741. The van der Waals surface area contributed by atoms with E-state index in [0.29, 0.717) is 17.1 Å². The molecule has 0 radical (unpaired) electrons. The van der Waals surface area contributed by atoms with Crippen LogP contribution in [0.25, 0.3) is 21.5 Å². The number of rotatable bonds is 5. The fourth-order valence-electron chi connectivity index (χ4n) is 3.99. The molecule has 1 aromatic heterocycles. The van der Waals surface area contributed by atoms with Gasteiger partial charge < -0.3 is 0 Å². The molecule has 0 saturated heterocycles. The lowest BCUT2D eigenvalue weighted by molar-refractivity contribution is 0.601. The van der Waals surface area contributed by atoms with Crippen LogP contribution in [0.3, 0.4) is 0 Å². The van der Waals surface area contributed by atoms with Gasteiger partial charge in [0.15, 0.2) is 0 Å². The Morgan fingerprint density at radius 3 is 1.91 bits per heavy atom. The molecule has 0 spiro atoms. The molecule has 0 unspecified atom stereocenters. The van der Waals surface area contributed by atoms with Crippen molar-refractivity contribution < 1.29 is 8.42 Å². The maximum atomic E-state index is 12.8. The van der Waals surface area contributed by atoms with Crippen molar-refractivity contribution >= 4 is 49.4 Å². The predicted molar refractivity (Wildman–Crippen MR) is 137 cm³/mol. The molecule has 0 fully saturated rings. The molecule has 34 heavy (non-hydrogen) atoms. The van der Waals surface area contributed by atoms with Gasteiger partial charge in [-0.25, -0.2) is 23.1 Å². The van der Waals surface area contributed by atoms with Gasteiger partial charge in [0, 0.05) is 23.2 Å². The van der Waals surface area contributed by atoms with Crippen LogP contribution in [0, 0.1) is 13.8 Å². The summed E-state index contributed by atoms with van der Waals surface area (Å²) in [7, 11) is -3.82. The van der Waals surface area contributed by atoms with E-state index in [1.165, 1.54) is 12.1 Å². The van der Waals surface area contributed by atoms with Crippen LogP contribution in [-0.2, 0) is 10.0 Å². The van der Waals surface area contributed by atoms with Crippen LogP contribution in [-0.4, -0.2) is 24.6 Å². The number of aryl methyl sites for hydroxylation is 2. The monoisotopic (exact) mass is 466 g/mol.